The van der Waals surface area contributed by atoms with E-state index < -0.39 is 40.9 Å². The molecule has 0 bridgehead atoms. The first kappa shape index (κ1) is 47.8. The number of nitrogens with one attached hydrogen (secondary N) is 3. The van der Waals surface area contributed by atoms with Gasteiger partial charge >= 0.3 is 5.97 Å². The fraction of sp³-hybridized carbons (Fsp3) is 0.432. The van der Waals surface area contributed by atoms with Gasteiger partial charge in [0, 0.05) is 29.1 Å². The Labute approximate surface area is 341 Å². The number of carboxylic acids is 1. The number of thioether (sulfide) groups is 1. The van der Waals surface area contributed by atoms with Gasteiger partial charge in [-0.05, 0) is 85.9 Å². The molecule has 1 heterocycles. The maximum atomic E-state index is 14.3. The Morgan fingerprint density at radius 3 is 2.11 bits per heavy atom. The van der Waals surface area contributed by atoms with Crippen LogP contribution in [0.4, 0.5) is 11.4 Å². The summed E-state index contributed by atoms with van der Waals surface area (Å²) in [5, 5.41) is 24.8. The van der Waals surface area contributed by atoms with E-state index in [1.807, 2.05) is 37.4 Å². The Morgan fingerprint density at radius 2 is 1.59 bits per heavy atom. The molecule has 0 radical (unpaired) electrons. The Kier molecular flexibility index (Phi) is 20.7. The number of rotatable bonds is 17. The van der Waals surface area contributed by atoms with Gasteiger partial charge in [-0.15, -0.1) is 31.5 Å². The summed E-state index contributed by atoms with van der Waals surface area (Å²) in [6.07, 6.45) is 9.98. The molecule has 2 amide bonds. The van der Waals surface area contributed by atoms with Gasteiger partial charge in [-0.3, -0.25) is 9.59 Å². The predicted octanol–water partition coefficient (Wildman–Crippen LogP) is 9.01. The van der Waals surface area contributed by atoms with Gasteiger partial charge in [-0.1, -0.05) is 89.8 Å². The first-order valence-corrected chi connectivity index (χ1v) is 21.6. The minimum atomic E-state index is -1.52. The molecule has 1 unspecified atom stereocenters. The molecule has 4 rings (SSSR count). The van der Waals surface area contributed by atoms with Crippen molar-refractivity contribution in [1.82, 2.24) is 15.4 Å². The van der Waals surface area contributed by atoms with Gasteiger partial charge in [-0.25, -0.2) is 13.7 Å². The summed E-state index contributed by atoms with van der Waals surface area (Å²) in [6, 6.07) is 17.8. The Bertz CT molecular complexity index is 1730. The Hall–Kier alpha value is -4.39. The van der Waals surface area contributed by atoms with Crippen molar-refractivity contribution in [3.8, 4) is 5.75 Å². The lowest BCUT2D eigenvalue weighted by Gasteiger charge is -2.37. The van der Waals surface area contributed by atoms with Crippen molar-refractivity contribution < 1.29 is 28.8 Å². The second-order valence-corrected chi connectivity index (χ2v) is 16.0. The SMILES string of the molecule is C=C.C=CC.CCCCC1(CCCC)CN(c2ccccc2)c2cc(SC)c(CCC(=O)N[C@@H](C(=O)N[C@H](C(=O)O)C(C)C)c3ccc(O)cc3)cc2S(=O)N1. The van der Waals surface area contributed by atoms with Crippen LogP contribution in [0.1, 0.15) is 96.7 Å². The molecule has 0 aliphatic carbocycles. The number of phenols is 1. The fourth-order valence-corrected chi connectivity index (χ4v) is 8.49. The Morgan fingerprint density at radius 1 is 1.00 bits per heavy atom. The third-order valence-corrected chi connectivity index (χ3v) is 11.5. The molecule has 5 N–H and O–H groups in total. The molecule has 0 fully saturated rings. The number of benzene rings is 3. The van der Waals surface area contributed by atoms with E-state index in [2.05, 4.69) is 72.0 Å². The molecule has 56 heavy (non-hydrogen) atoms. The zero-order chi connectivity index (χ0) is 41.8. The van der Waals surface area contributed by atoms with Gasteiger partial charge in [0.2, 0.25) is 11.8 Å². The monoisotopic (exact) mass is 806 g/mol. The number of aromatic hydroxyl groups is 1. The van der Waals surface area contributed by atoms with Gasteiger partial charge in [0.05, 0.1) is 10.6 Å². The smallest absolute Gasteiger partial charge is 0.326 e. The van der Waals surface area contributed by atoms with Gasteiger partial charge in [0.15, 0.2) is 0 Å². The van der Waals surface area contributed by atoms with E-state index in [0.717, 1.165) is 60.4 Å². The third kappa shape index (κ3) is 13.7. The number of amides is 2. The van der Waals surface area contributed by atoms with Crippen molar-refractivity contribution in [2.24, 2.45) is 5.92 Å². The van der Waals surface area contributed by atoms with E-state index in [0.29, 0.717) is 23.4 Å². The lowest BCUT2D eigenvalue weighted by molar-refractivity contribution is -0.143. The molecule has 1 aliphatic heterocycles. The molecule has 1 aliphatic rings. The zero-order valence-electron chi connectivity index (χ0n) is 33.9. The van der Waals surface area contributed by atoms with E-state index in [-0.39, 0.29) is 23.6 Å². The van der Waals surface area contributed by atoms with Gasteiger partial charge in [-0.2, -0.15) is 0 Å². The first-order valence-electron chi connectivity index (χ1n) is 19.2. The standard InChI is InChI=1S/C39H52N4O6S2.C3H6.C2H4/c1-6-8-21-39(22-9-7-2)25-43(29-13-11-10-12-14-29)31-24-32(50-5)28(23-33(31)51(49)42-39)17-20-34(45)40-36(27-15-18-30(44)19-16-27)37(46)41-35(26(3)4)38(47)48;1-3-2;1-2/h10-16,18-19,23-24,26,35-36,42,44H,6-9,17,20-22,25H2,1-5H3,(H,40,45)(H,41,46)(H,47,48);3H,1H2,2H3;1-2H2/t35-,36+,51?;;/m0../s1. The molecule has 0 aromatic heterocycles. The molecular weight excluding hydrogens is 745 g/mol. The van der Waals surface area contributed by atoms with Gasteiger partial charge < -0.3 is 25.7 Å². The van der Waals surface area contributed by atoms with E-state index in [1.165, 1.54) is 24.3 Å². The summed E-state index contributed by atoms with van der Waals surface area (Å²) >= 11 is 1.56. The average Bonchev–Trinajstić information content (AvgIpc) is 3.31. The Balaban J connectivity index is 0.00000206. The van der Waals surface area contributed by atoms with Crippen LogP contribution in [0.25, 0.3) is 0 Å². The van der Waals surface area contributed by atoms with Crippen LogP contribution >= 0.6 is 11.8 Å². The summed E-state index contributed by atoms with van der Waals surface area (Å²) in [5.74, 6) is -2.64. The lowest BCUT2D eigenvalue weighted by Crippen LogP contribution is -2.51. The number of aryl methyl sites for hydroxylation is 1. The van der Waals surface area contributed by atoms with Crippen LogP contribution in [0.15, 0.2) is 102 Å². The number of hydrogen-bond donors (Lipinski definition) is 5. The summed E-state index contributed by atoms with van der Waals surface area (Å²) in [6.45, 7) is 19.7. The van der Waals surface area contributed by atoms with Crippen molar-refractivity contribution in [2.75, 3.05) is 17.7 Å². The highest BCUT2D eigenvalue weighted by Gasteiger charge is 2.39. The van der Waals surface area contributed by atoms with E-state index in [4.69, 9.17) is 0 Å². The van der Waals surface area contributed by atoms with Crippen molar-refractivity contribution in [2.45, 2.75) is 113 Å². The zero-order valence-corrected chi connectivity index (χ0v) is 35.6. The molecule has 12 heteroatoms. The minimum Gasteiger partial charge on any atom is -0.508 e. The fourth-order valence-electron chi connectivity index (χ4n) is 6.46. The first-order chi connectivity index (χ1) is 26.8. The van der Waals surface area contributed by atoms with Crippen LogP contribution in [-0.2, 0) is 31.8 Å². The number of unbranched alkanes of at least 4 members (excludes halogenated alkanes) is 2. The maximum Gasteiger partial charge on any atom is 0.326 e. The molecule has 3 aromatic carbocycles. The van der Waals surface area contributed by atoms with Crippen molar-refractivity contribution >= 4 is 51.9 Å². The highest BCUT2D eigenvalue weighted by atomic mass is 32.2. The molecule has 10 nitrogen and oxygen atoms in total. The summed E-state index contributed by atoms with van der Waals surface area (Å²) in [4.78, 5) is 42.7. The number of aliphatic carboxylic acids is 1. The predicted molar refractivity (Wildman–Crippen MR) is 232 cm³/mol. The summed E-state index contributed by atoms with van der Waals surface area (Å²) in [7, 11) is -1.52. The van der Waals surface area contributed by atoms with Crippen LogP contribution in [0.2, 0.25) is 0 Å². The number of para-hydroxylation sites is 1. The second-order valence-electron chi connectivity index (χ2n) is 14.0. The van der Waals surface area contributed by atoms with Crippen LogP contribution in [-0.4, -0.2) is 56.6 Å². The molecule has 3 aromatic rings. The van der Waals surface area contributed by atoms with Crippen molar-refractivity contribution in [3.63, 3.8) is 0 Å². The molecule has 3 atom stereocenters. The summed E-state index contributed by atoms with van der Waals surface area (Å²) < 4.78 is 17.9. The number of anilines is 2. The van der Waals surface area contributed by atoms with E-state index in [9.17, 15) is 28.8 Å². The van der Waals surface area contributed by atoms with E-state index in [1.54, 1.807) is 31.7 Å². The number of fused-ring (bicyclic) bond motifs is 1. The number of carboxylic acid groups (broad SMARTS) is 1. The number of nitrogens with zero attached hydrogens (tertiary/aromatic N) is 1. The number of carbonyl (C=O) groups is 3. The normalized spacial score (nSPS) is 15.3. The quantitative estimate of drug-likeness (QED) is 0.0671. The van der Waals surface area contributed by atoms with Crippen LogP contribution in [0.3, 0.4) is 0 Å². The highest BCUT2D eigenvalue weighted by Crippen LogP contribution is 2.41. The van der Waals surface area contributed by atoms with E-state index >= 15 is 0 Å². The van der Waals surface area contributed by atoms with Gasteiger partial charge in [0.1, 0.15) is 28.8 Å². The topological polar surface area (TPSA) is 148 Å². The third-order valence-electron chi connectivity index (χ3n) is 9.35. The maximum absolute atomic E-state index is 14.3. The lowest BCUT2D eigenvalue weighted by atomic mass is 9.87. The second kappa shape index (κ2) is 24.3. The number of phenolic OH excluding ortho intramolecular Hbond substituents is 1. The number of carbonyl (C=O) groups excluding carboxylic acids is 2. The van der Waals surface area contributed by atoms with Crippen LogP contribution in [0.5, 0.6) is 5.75 Å². The van der Waals surface area contributed by atoms with Crippen LogP contribution < -0.4 is 20.3 Å². The van der Waals surface area contributed by atoms with Gasteiger partial charge in [0.25, 0.3) is 0 Å². The highest BCUT2D eigenvalue weighted by molar-refractivity contribution is 7.98. The van der Waals surface area contributed by atoms with Crippen molar-refractivity contribution in [1.29, 1.82) is 0 Å². The number of hydrogen-bond acceptors (Lipinski definition) is 7. The molecule has 0 saturated carbocycles. The minimum absolute atomic E-state index is 0.00620. The largest absolute Gasteiger partial charge is 0.508 e. The molecule has 306 valence electrons. The van der Waals surface area contributed by atoms with Crippen LogP contribution in [0, 0.1) is 5.92 Å². The molecule has 0 saturated heterocycles. The number of allylic oxidation sites excluding steroid dienone is 1. The van der Waals surface area contributed by atoms with Crippen molar-refractivity contribution in [3.05, 3.63) is 104 Å². The summed E-state index contributed by atoms with van der Waals surface area (Å²) in [5.41, 5.74) is 2.81. The average molecular weight is 807 g/mol. The molecular formula is C44H62N4O6S2. The molecule has 0 spiro atoms.